The highest BCUT2D eigenvalue weighted by Gasteiger charge is 2.18. The molecule has 0 atom stereocenters. The second kappa shape index (κ2) is 5.62. The lowest BCUT2D eigenvalue weighted by Gasteiger charge is -2.06. The average Bonchev–Trinajstić information content (AvgIpc) is 3.12. The van der Waals surface area contributed by atoms with Crippen molar-refractivity contribution in [3.05, 3.63) is 58.7 Å². The number of para-hydroxylation sites is 1. The van der Waals surface area contributed by atoms with Crippen LogP contribution in [0.1, 0.15) is 5.56 Å². The lowest BCUT2D eigenvalue weighted by molar-refractivity contribution is 0.528. The lowest BCUT2D eigenvalue weighted by Crippen LogP contribution is -2.08. The third kappa shape index (κ3) is 2.32. The number of aryl methyl sites for hydroxylation is 1. The van der Waals surface area contributed by atoms with Crippen LogP contribution in [0.5, 0.6) is 0 Å². The Morgan fingerprint density at radius 3 is 2.68 bits per heavy atom. The summed E-state index contributed by atoms with van der Waals surface area (Å²) in [5.74, 6) is 0.470. The van der Waals surface area contributed by atoms with Gasteiger partial charge in [-0.05, 0) is 25.1 Å². The van der Waals surface area contributed by atoms with Gasteiger partial charge in [-0.2, -0.15) is 5.10 Å². The standard InChI is InChI=1S/C18H17N5O2/c1-11-15(12-9-14-17(20-10-12)22(3)18(24)25-14)21-23(16(11)19-2)13-7-5-4-6-8-13/h4-10,19H,1-3H3. The number of rotatable bonds is 3. The second-order valence-electron chi connectivity index (χ2n) is 5.79. The Bertz CT molecular complexity index is 1120. The van der Waals surface area contributed by atoms with Crippen LogP contribution < -0.4 is 11.1 Å². The molecule has 0 saturated heterocycles. The van der Waals surface area contributed by atoms with E-state index in [1.165, 1.54) is 4.57 Å². The SMILES string of the molecule is CNc1c(C)c(-c2cnc3c(c2)oc(=O)n3C)nn1-c1ccccc1. The molecule has 0 unspecified atom stereocenters. The first-order valence-corrected chi connectivity index (χ1v) is 7.89. The smallest absolute Gasteiger partial charge is 0.406 e. The quantitative estimate of drug-likeness (QED) is 0.623. The molecular formula is C18H17N5O2. The molecule has 0 radical (unpaired) electrons. The van der Waals surface area contributed by atoms with Gasteiger partial charge in [-0.1, -0.05) is 18.2 Å². The lowest BCUT2D eigenvalue weighted by atomic mass is 10.1. The maximum Gasteiger partial charge on any atom is 0.420 e. The molecule has 1 N–H and O–H groups in total. The van der Waals surface area contributed by atoms with Gasteiger partial charge in [0.2, 0.25) is 0 Å². The van der Waals surface area contributed by atoms with Crippen molar-refractivity contribution >= 4 is 17.0 Å². The number of nitrogens with zero attached hydrogens (tertiary/aromatic N) is 4. The van der Waals surface area contributed by atoms with E-state index in [2.05, 4.69) is 10.3 Å². The van der Waals surface area contributed by atoms with Gasteiger partial charge < -0.3 is 9.73 Å². The second-order valence-corrected chi connectivity index (χ2v) is 5.79. The van der Waals surface area contributed by atoms with Gasteiger partial charge in [0.05, 0.1) is 11.4 Å². The molecule has 0 aliphatic carbocycles. The molecule has 1 aromatic carbocycles. The fraction of sp³-hybridized carbons (Fsp3) is 0.167. The maximum absolute atomic E-state index is 11.7. The van der Waals surface area contributed by atoms with Crippen LogP contribution in [0.2, 0.25) is 0 Å². The molecule has 25 heavy (non-hydrogen) atoms. The highest BCUT2D eigenvalue weighted by Crippen LogP contribution is 2.30. The molecule has 0 saturated carbocycles. The molecule has 0 aliphatic rings. The van der Waals surface area contributed by atoms with Gasteiger partial charge in [-0.3, -0.25) is 4.57 Å². The summed E-state index contributed by atoms with van der Waals surface area (Å²) in [6.45, 7) is 2.00. The molecular weight excluding hydrogens is 318 g/mol. The van der Waals surface area contributed by atoms with Crippen molar-refractivity contribution in [2.24, 2.45) is 7.05 Å². The predicted molar refractivity (Wildman–Crippen MR) is 96.1 cm³/mol. The number of benzene rings is 1. The molecule has 0 spiro atoms. The zero-order chi connectivity index (χ0) is 17.6. The summed E-state index contributed by atoms with van der Waals surface area (Å²) in [6.07, 6.45) is 1.71. The zero-order valence-corrected chi connectivity index (χ0v) is 14.1. The number of hydrogen-bond acceptors (Lipinski definition) is 5. The van der Waals surface area contributed by atoms with E-state index in [9.17, 15) is 4.79 Å². The van der Waals surface area contributed by atoms with Crippen LogP contribution in [-0.4, -0.2) is 26.4 Å². The van der Waals surface area contributed by atoms with Gasteiger partial charge in [0, 0.05) is 31.4 Å². The highest BCUT2D eigenvalue weighted by molar-refractivity contribution is 5.78. The van der Waals surface area contributed by atoms with Crippen molar-refractivity contribution in [3.8, 4) is 16.9 Å². The normalized spacial score (nSPS) is 11.2. The minimum Gasteiger partial charge on any atom is -0.406 e. The van der Waals surface area contributed by atoms with E-state index in [1.807, 2.05) is 49.0 Å². The van der Waals surface area contributed by atoms with Crippen molar-refractivity contribution in [2.45, 2.75) is 6.92 Å². The molecule has 0 bridgehead atoms. The van der Waals surface area contributed by atoms with E-state index in [0.717, 1.165) is 28.3 Å². The van der Waals surface area contributed by atoms with Crippen LogP contribution in [0.4, 0.5) is 5.82 Å². The Balaban J connectivity index is 1.91. The van der Waals surface area contributed by atoms with E-state index < -0.39 is 5.76 Å². The number of aromatic nitrogens is 4. The van der Waals surface area contributed by atoms with Crippen LogP contribution in [0.3, 0.4) is 0 Å². The Hall–Kier alpha value is -3.35. The van der Waals surface area contributed by atoms with Gasteiger partial charge in [-0.25, -0.2) is 14.5 Å². The minimum atomic E-state index is -0.429. The largest absolute Gasteiger partial charge is 0.420 e. The van der Waals surface area contributed by atoms with Crippen LogP contribution >= 0.6 is 0 Å². The van der Waals surface area contributed by atoms with Crippen molar-refractivity contribution in [2.75, 3.05) is 12.4 Å². The molecule has 4 aromatic rings. The number of pyridine rings is 1. The predicted octanol–water partition coefficient (Wildman–Crippen LogP) is 2.73. The van der Waals surface area contributed by atoms with Gasteiger partial charge in [0.1, 0.15) is 5.82 Å². The van der Waals surface area contributed by atoms with Crippen LogP contribution in [0, 0.1) is 6.92 Å². The fourth-order valence-electron chi connectivity index (χ4n) is 2.96. The number of hydrogen-bond donors (Lipinski definition) is 1. The third-order valence-corrected chi connectivity index (χ3v) is 4.25. The van der Waals surface area contributed by atoms with Crippen LogP contribution in [0.15, 0.2) is 51.8 Å². The number of nitrogens with one attached hydrogen (secondary N) is 1. The number of oxazole rings is 1. The number of anilines is 1. The molecule has 3 heterocycles. The van der Waals surface area contributed by atoms with E-state index in [0.29, 0.717) is 11.2 Å². The summed E-state index contributed by atoms with van der Waals surface area (Å²) in [4.78, 5) is 16.0. The minimum absolute atomic E-state index is 0.429. The Morgan fingerprint density at radius 2 is 1.96 bits per heavy atom. The summed E-state index contributed by atoms with van der Waals surface area (Å²) in [7, 11) is 3.50. The van der Waals surface area contributed by atoms with Crippen LogP contribution in [-0.2, 0) is 7.05 Å². The van der Waals surface area contributed by atoms with E-state index >= 15 is 0 Å². The Labute approximate surface area is 143 Å². The molecule has 0 fully saturated rings. The molecule has 7 nitrogen and oxygen atoms in total. The fourth-order valence-corrected chi connectivity index (χ4v) is 2.96. The monoisotopic (exact) mass is 335 g/mol. The summed E-state index contributed by atoms with van der Waals surface area (Å²) < 4.78 is 8.48. The van der Waals surface area contributed by atoms with E-state index in [-0.39, 0.29) is 0 Å². The van der Waals surface area contributed by atoms with Crippen LogP contribution in [0.25, 0.3) is 28.2 Å². The summed E-state index contributed by atoms with van der Waals surface area (Å²) in [5, 5.41) is 7.95. The van der Waals surface area contributed by atoms with Crippen molar-refractivity contribution in [1.29, 1.82) is 0 Å². The molecule has 126 valence electrons. The third-order valence-electron chi connectivity index (χ3n) is 4.25. The van der Waals surface area contributed by atoms with E-state index in [1.54, 1.807) is 19.3 Å². The molecule has 4 rings (SSSR count). The molecule has 7 heteroatoms. The number of fused-ring (bicyclic) bond motifs is 1. The first-order valence-electron chi connectivity index (χ1n) is 7.89. The van der Waals surface area contributed by atoms with Gasteiger partial charge in [0.15, 0.2) is 11.2 Å². The Kier molecular flexibility index (Phi) is 3.42. The maximum atomic E-state index is 11.7. The average molecular weight is 335 g/mol. The van der Waals surface area contributed by atoms with Crippen molar-refractivity contribution in [3.63, 3.8) is 0 Å². The summed E-state index contributed by atoms with van der Waals surface area (Å²) in [5.41, 5.74) is 4.50. The molecule has 3 aromatic heterocycles. The first-order chi connectivity index (χ1) is 12.1. The van der Waals surface area contributed by atoms with E-state index in [4.69, 9.17) is 9.52 Å². The first kappa shape index (κ1) is 15.2. The Morgan fingerprint density at radius 1 is 1.20 bits per heavy atom. The summed E-state index contributed by atoms with van der Waals surface area (Å²) >= 11 is 0. The van der Waals surface area contributed by atoms with Gasteiger partial charge in [0.25, 0.3) is 0 Å². The zero-order valence-electron chi connectivity index (χ0n) is 14.1. The molecule has 0 amide bonds. The van der Waals surface area contributed by atoms with Gasteiger partial charge in [-0.15, -0.1) is 0 Å². The van der Waals surface area contributed by atoms with Gasteiger partial charge >= 0.3 is 5.76 Å². The van der Waals surface area contributed by atoms with Crippen molar-refractivity contribution in [1.82, 2.24) is 19.3 Å². The molecule has 0 aliphatic heterocycles. The topological polar surface area (TPSA) is 77.9 Å². The highest BCUT2D eigenvalue weighted by atomic mass is 16.4. The summed E-state index contributed by atoms with van der Waals surface area (Å²) in [6, 6.07) is 11.7. The van der Waals surface area contributed by atoms with Crippen molar-refractivity contribution < 1.29 is 4.42 Å².